The lowest BCUT2D eigenvalue weighted by Gasteiger charge is -2.36. The lowest BCUT2D eigenvalue weighted by atomic mass is 10.3. The van der Waals surface area contributed by atoms with Gasteiger partial charge in [0.15, 0.2) is 5.96 Å². The second-order valence-corrected chi connectivity index (χ2v) is 7.10. The van der Waals surface area contributed by atoms with Gasteiger partial charge in [0.1, 0.15) is 11.9 Å². The summed E-state index contributed by atoms with van der Waals surface area (Å²) in [7, 11) is 0. The summed E-state index contributed by atoms with van der Waals surface area (Å²) < 4.78 is 5.24. The van der Waals surface area contributed by atoms with Crippen LogP contribution in [-0.4, -0.2) is 60.1 Å². The number of aliphatic imine (C=N–C) groups is 1. The van der Waals surface area contributed by atoms with Gasteiger partial charge in [-0.25, -0.2) is 4.99 Å². The van der Waals surface area contributed by atoms with Crippen LogP contribution in [0.1, 0.15) is 23.7 Å². The minimum atomic E-state index is -0.705. The molecule has 3 rings (SSSR count). The SMILES string of the molecule is CCNC(=NCC(O)c1ccco1)N1CCN(Cc2cccs2)CC1. The van der Waals surface area contributed by atoms with Crippen molar-refractivity contribution >= 4 is 17.3 Å². The van der Waals surface area contributed by atoms with Gasteiger partial charge in [-0.15, -0.1) is 11.3 Å². The largest absolute Gasteiger partial charge is 0.467 e. The maximum Gasteiger partial charge on any atom is 0.194 e. The quantitative estimate of drug-likeness (QED) is 0.609. The van der Waals surface area contributed by atoms with Crippen molar-refractivity contribution in [2.24, 2.45) is 4.99 Å². The first kappa shape index (κ1) is 18.0. The van der Waals surface area contributed by atoms with E-state index in [0.717, 1.165) is 45.2 Å². The third-order valence-electron chi connectivity index (χ3n) is 4.25. The fourth-order valence-corrected chi connectivity index (χ4v) is 3.66. The second kappa shape index (κ2) is 9.03. The second-order valence-electron chi connectivity index (χ2n) is 6.07. The summed E-state index contributed by atoms with van der Waals surface area (Å²) in [6, 6.07) is 7.85. The number of rotatable bonds is 6. The number of thiophene rings is 1. The molecule has 6 nitrogen and oxygen atoms in total. The zero-order valence-corrected chi connectivity index (χ0v) is 15.4. The summed E-state index contributed by atoms with van der Waals surface area (Å²) in [6.07, 6.45) is 0.865. The fourth-order valence-electron chi connectivity index (χ4n) is 2.91. The van der Waals surface area contributed by atoms with Crippen LogP contribution in [0.3, 0.4) is 0 Å². The highest BCUT2D eigenvalue weighted by Gasteiger charge is 2.20. The standard InChI is InChI=1S/C18H26N4O2S/c1-2-19-18(20-13-16(23)17-6-3-11-24-17)22-9-7-21(8-10-22)14-15-5-4-12-25-15/h3-6,11-12,16,23H,2,7-10,13-14H2,1H3,(H,19,20). The van der Waals surface area contributed by atoms with Crippen LogP contribution in [0.2, 0.25) is 0 Å². The predicted octanol–water partition coefficient (Wildman–Crippen LogP) is 2.16. The molecule has 1 aliphatic rings. The summed E-state index contributed by atoms with van der Waals surface area (Å²) in [5, 5.41) is 15.6. The van der Waals surface area contributed by atoms with E-state index in [1.54, 1.807) is 18.4 Å². The van der Waals surface area contributed by atoms with Crippen molar-refractivity contribution in [3.63, 3.8) is 0 Å². The first-order valence-electron chi connectivity index (χ1n) is 8.75. The lowest BCUT2D eigenvalue weighted by molar-refractivity contribution is 0.155. The van der Waals surface area contributed by atoms with Gasteiger partial charge >= 0.3 is 0 Å². The highest BCUT2D eigenvalue weighted by atomic mass is 32.1. The van der Waals surface area contributed by atoms with Crippen molar-refractivity contribution in [1.29, 1.82) is 0 Å². The molecule has 0 amide bonds. The summed E-state index contributed by atoms with van der Waals surface area (Å²) in [5.41, 5.74) is 0. The minimum Gasteiger partial charge on any atom is -0.467 e. The zero-order chi connectivity index (χ0) is 17.5. The Labute approximate surface area is 152 Å². The highest BCUT2D eigenvalue weighted by Crippen LogP contribution is 2.15. The van der Waals surface area contributed by atoms with Crippen LogP contribution in [-0.2, 0) is 6.54 Å². The Morgan fingerprint density at radius 2 is 2.16 bits per heavy atom. The Bertz CT molecular complexity index is 634. The van der Waals surface area contributed by atoms with E-state index in [4.69, 9.17) is 4.42 Å². The predicted molar refractivity (Wildman–Crippen MR) is 101 cm³/mol. The number of guanidine groups is 1. The van der Waals surface area contributed by atoms with Crippen LogP contribution in [0.15, 0.2) is 45.3 Å². The molecule has 7 heteroatoms. The molecule has 0 saturated carbocycles. The van der Waals surface area contributed by atoms with Crippen molar-refractivity contribution in [2.45, 2.75) is 19.6 Å². The average Bonchev–Trinajstić information content (AvgIpc) is 3.33. The molecule has 1 unspecified atom stereocenters. The van der Waals surface area contributed by atoms with Crippen molar-refractivity contribution in [3.8, 4) is 0 Å². The normalized spacial score (nSPS) is 17.7. The van der Waals surface area contributed by atoms with Crippen LogP contribution < -0.4 is 5.32 Å². The molecule has 1 atom stereocenters. The molecule has 3 heterocycles. The van der Waals surface area contributed by atoms with Gasteiger partial charge in [-0.1, -0.05) is 6.07 Å². The number of nitrogens with zero attached hydrogens (tertiary/aromatic N) is 3. The molecule has 0 spiro atoms. The van der Waals surface area contributed by atoms with E-state index in [1.165, 1.54) is 4.88 Å². The van der Waals surface area contributed by atoms with E-state index < -0.39 is 6.10 Å². The van der Waals surface area contributed by atoms with Crippen LogP contribution in [0.4, 0.5) is 0 Å². The number of piperazine rings is 1. The van der Waals surface area contributed by atoms with E-state index >= 15 is 0 Å². The summed E-state index contributed by atoms with van der Waals surface area (Å²) in [6.45, 7) is 8.10. The van der Waals surface area contributed by atoms with Gasteiger partial charge in [0, 0.05) is 44.1 Å². The summed E-state index contributed by atoms with van der Waals surface area (Å²) >= 11 is 1.81. The van der Waals surface area contributed by atoms with E-state index in [2.05, 4.69) is 44.5 Å². The fraction of sp³-hybridized carbons (Fsp3) is 0.500. The molecule has 0 aromatic carbocycles. The first-order chi connectivity index (χ1) is 12.3. The number of furan rings is 1. The van der Waals surface area contributed by atoms with E-state index in [1.807, 2.05) is 11.3 Å². The Kier molecular flexibility index (Phi) is 6.49. The van der Waals surface area contributed by atoms with Gasteiger partial charge in [-0.3, -0.25) is 4.90 Å². The van der Waals surface area contributed by atoms with Gasteiger partial charge in [0.05, 0.1) is 12.8 Å². The maximum atomic E-state index is 10.2. The smallest absolute Gasteiger partial charge is 0.194 e. The molecule has 2 aromatic rings. The van der Waals surface area contributed by atoms with Gasteiger partial charge in [-0.2, -0.15) is 0 Å². The maximum absolute atomic E-state index is 10.2. The van der Waals surface area contributed by atoms with Crippen molar-refractivity contribution in [3.05, 3.63) is 46.5 Å². The topological polar surface area (TPSA) is 64.2 Å². The first-order valence-corrected chi connectivity index (χ1v) is 9.63. The van der Waals surface area contributed by atoms with Gasteiger partial charge in [-0.05, 0) is 30.5 Å². The zero-order valence-electron chi connectivity index (χ0n) is 14.6. The Balaban J connectivity index is 1.53. The molecule has 2 N–H and O–H groups in total. The van der Waals surface area contributed by atoms with Gasteiger partial charge in [0.25, 0.3) is 0 Å². The van der Waals surface area contributed by atoms with Crippen LogP contribution in [0.5, 0.6) is 0 Å². The van der Waals surface area contributed by atoms with Crippen LogP contribution in [0.25, 0.3) is 0 Å². The molecule has 1 aliphatic heterocycles. The molecule has 136 valence electrons. The summed E-state index contributed by atoms with van der Waals surface area (Å²) in [4.78, 5) is 10.8. The highest BCUT2D eigenvalue weighted by molar-refractivity contribution is 7.09. The Morgan fingerprint density at radius 3 is 2.80 bits per heavy atom. The van der Waals surface area contributed by atoms with E-state index in [-0.39, 0.29) is 0 Å². The molecule has 2 aromatic heterocycles. The Hall–Kier alpha value is -1.83. The van der Waals surface area contributed by atoms with Crippen molar-refractivity contribution in [1.82, 2.24) is 15.1 Å². The number of nitrogens with one attached hydrogen (secondary N) is 1. The number of hydrogen-bond acceptors (Lipinski definition) is 5. The molecule has 0 bridgehead atoms. The third-order valence-corrected chi connectivity index (χ3v) is 5.11. The molecule has 0 radical (unpaired) electrons. The van der Waals surface area contributed by atoms with Crippen LogP contribution in [0, 0.1) is 0 Å². The van der Waals surface area contributed by atoms with E-state index in [0.29, 0.717) is 12.3 Å². The lowest BCUT2D eigenvalue weighted by Crippen LogP contribution is -2.52. The minimum absolute atomic E-state index is 0.297. The molecular formula is C18H26N4O2S. The third kappa shape index (κ3) is 5.07. The average molecular weight is 362 g/mol. The van der Waals surface area contributed by atoms with Crippen molar-refractivity contribution in [2.75, 3.05) is 39.3 Å². The van der Waals surface area contributed by atoms with Crippen molar-refractivity contribution < 1.29 is 9.52 Å². The van der Waals surface area contributed by atoms with Gasteiger partial charge in [0.2, 0.25) is 0 Å². The molecule has 0 aliphatic carbocycles. The molecule has 1 fully saturated rings. The number of aliphatic hydroxyl groups is 1. The molecular weight excluding hydrogens is 336 g/mol. The van der Waals surface area contributed by atoms with Crippen LogP contribution >= 0.6 is 11.3 Å². The number of aliphatic hydroxyl groups excluding tert-OH is 1. The van der Waals surface area contributed by atoms with E-state index in [9.17, 15) is 5.11 Å². The number of hydrogen-bond donors (Lipinski definition) is 2. The molecule has 25 heavy (non-hydrogen) atoms. The molecule has 1 saturated heterocycles. The summed E-state index contributed by atoms with van der Waals surface area (Å²) in [5.74, 6) is 1.42. The Morgan fingerprint density at radius 1 is 1.32 bits per heavy atom. The van der Waals surface area contributed by atoms with Gasteiger partial charge < -0.3 is 19.7 Å². The monoisotopic (exact) mass is 362 g/mol.